The number of rotatable bonds is 10. The van der Waals surface area contributed by atoms with E-state index in [2.05, 4.69) is 23.0 Å². The molecule has 2 rings (SSSR count). The Morgan fingerprint density at radius 1 is 0.852 bits per heavy atom. The standard InChI is InChI=1S/C19H28N2O4S2/c1-14-16(26-12-20(14)3)8-10-24-18(22)6-5-7-19(23)25-11-9-17-15(2)21(4)13-27-17/h12-13H,5-11H2,1-4H3/q+2. The van der Waals surface area contributed by atoms with Crippen LogP contribution in [0.15, 0.2) is 11.0 Å². The van der Waals surface area contributed by atoms with Crippen molar-refractivity contribution in [1.29, 1.82) is 0 Å². The van der Waals surface area contributed by atoms with E-state index in [1.807, 2.05) is 25.1 Å². The Labute approximate surface area is 168 Å². The summed E-state index contributed by atoms with van der Waals surface area (Å²) in [6.07, 6.45) is 2.39. The lowest BCUT2D eigenvalue weighted by Crippen LogP contribution is -2.28. The first-order valence-electron chi connectivity index (χ1n) is 9.05. The zero-order valence-corrected chi connectivity index (χ0v) is 18.1. The lowest BCUT2D eigenvalue weighted by molar-refractivity contribution is -0.673. The van der Waals surface area contributed by atoms with Gasteiger partial charge in [0, 0.05) is 39.5 Å². The highest BCUT2D eigenvalue weighted by atomic mass is 32.1. The number of hydrogen-bond donors (Lipinski definition) is 0. The monoisotopic (exact) mass is 412 g/mol. The summed E-state index contributed by atoms with van der Waals surface area (Å²) in [5.74, 6) is -0.522. The average molecular weight is 413 g/mol. The number of aryl methyl sites for hydroxylation is 2. The summed E-state index contributed by atoms with van der Waals surface area (Å²) in [4.78, 5) is 26.0. The summed E-state index contributed by atoms with van der Waals surface area (Å²) in [5.41, 5.74) is 6.48. The second-order valence-electron chi connectivity index (χ2n) is 6.48. The molecule has 0 amide bonds. The fraction of sp³-hybridized carbons (Fsp3) is 0.579. The van der Waals surface area contributed by atoms with Crippen molar-refractivity contribution in [3.63, 3.8) is 0 Å². The van der Waals surface area contributed by atoms with Gasteiger partial charge in [0.05, 0.1) is 23.0 Å². The molecule has 6 nitrogen and oxygen atoms in total. The number of esters is 2. The molecule has 0 saturated heterocycles. The summed E-state index contributed by atoms with van der Waals surface area (Å²) in [5, 5.41) is 0. The molecule has 27 heavy (non-hydrogen) atoms. The van der Waals surface area contributed by atoms with Crippen LogP contribution in [0.4, 0.5) is 0 Å². The van der Waals surface area contributed by atoms with Gasteiger partial charge in [0.25, 0.3) is 0 Å². The second kappa shape index (κ2) is 10.5. The Morgan fingerprint density at radius 3 is 1.59 bits per heavy atom. The summed E-state index contributed by atoms with van der Waals surface area (Å²) in [6, 6.07) is 0. The van der Waals surface area contributed by atoms with Crippen LogP contribution >= 0.6 is 22.7 Å². The molecule has 0 bridgehead atoms. The summed E-state index contributed by atoms with van der Waals surface area (Å²) in [7, 11) is 4.00. The van der Waals surface area contributed by atoms with E-state index < -0.39 is 0 Å². The Morgan fingerprint density at radius 2 is 1.26 bits per heavy atom. The largest absolute Gasteiger partial charge is 0.465 e. The van der Waals surface area contributed by atoms with Gasteiger partial charge in [-0.2, -0.15) is 9.13 Å². The molecule has 0 spiro atoms. The number of thiazole rings is 2. The maximum Gasteiger partial charge on any atom is 0.305 e. The van der Waals surface area contributed by atoms with E-state index in [1.54, 1.807) is 22.7 Å². The Bertz CT molecular complexity index is 719. The van der Waals surface area contributed by atoms with Crippen molar-refractivity contribution in [3.05, 3.63) is 32.2 Å². The minimum absolute atomic E-state index is 0.242. The number of nitrogens with zero attached hydrogens (tertiary/aromatic N) is 2. The van der Waals surface area contributed by atoms with Crippen molar-refractivity contribution >= 4 is 34.6 Å². The van der Waals surface area contributed by atoms with Gasteiger partial charge >= 0.3 is 11.9 Å². The summed E-state index contributed by atoms with van der Waals surface area (Å²) < 4.78 is 14.6. The molecular formula is C19H28N2O4S2+2. The lowest BCUT2D eigenvalue weighted by Gasteiger charge is -2.05. The average Bonchev–Trinajstić information content (AvgIpc) is 3.12. The van der Waals surface area contributed by atoms with Crippen LogP contribution in [-0.2, 0) is 46.0 Å². The maximum atomic E-state index is 11.8. The van der Waals surface area contributed by atoms with Crippen LogP contribution in [-0.4, -0.2) is 25.2 Å². The zero-order valence-electron chi connectivity index (χ0n) is 16.4. The molecule has 0 aliphatic carbocycles. The van der Waals surface area contributed by atoms with E-state index in [0.717, 1.165) is 12.8 Å². The number of carbonyl (C=O) groups is 2. The zero-order chi connectivity index (χ0) is 19.8. The highest BCUT2D eigenvalue weighted by Crippen LogP contribution is 2.12. The van der Waals surface area contributed by atoms with Gasteiger partial charge in [-0.1, -0.05) is 22.7 Å². The van der Waals surface area contributed by atoms with Gasteiger partial charge in [-0.3, -0.25) is 9.59 Å². The van der Waals surface area contributed by atoms with Crippen molar-refractivity contribution < 1.29 is 28.2 Å². The molecule has 148 valence electrons. The third-order valence-electron chi connectivity index (χ3n) is 4.52. The van der Waals surface area contributed by atoms with Gasteiger partial charge in [0.1, 0.15) is 14.1 Å². The smallest absolute Gasteiger partial charge is 0.305 e. The topological polar surface area (TPSA) is 60.4 Å². The van der Waals surface area contributed by atoms with Crippen molar-refractivity contribution in [3.8, 4) is 0 Å². The normalized spacial score (nSPS) is 10.8. The first-order valence-corrected chi connectivity index (χ1v) is 10.8. The molecule has 0 fully saturated rings. The predicted octanol–water partition coefficient (Wildman–Crippen LogP) is 2.12. The molecule has 0 N–H and O–H groups in total. The second-order valence-corrected chi connectivity index (χ2v) is 8.36. The van der Waals surface area contributed by atoms with Crippen molar-refractivity contribution in [2.75, 3.05) is 13.2 Å². The third kappa shape index (κ3) is 6.70. The van der Waals surface area contributed by atoms with Gasteiger partial charge in [0.15, 0.2) is 11.4 Å². The van der Waals surface area contributed by atoms with Gasteiger partial charge < -0.3 is 9.47 Å². The molecule has 0 aliphatic rings. The minimum atomic E-state index is -0.261. The Hall–Kier alpha value is -1.80. The number of hydrogen-bond acceptors (Lipinski definition) is 6. The minimum Gasteiger partial charge on any atom is -0.465 e. The highest BCUT2D eigenvalue weighted by Gasteiger charge is 2.14. The van der Waals surface area contributed by atoms with Crippen LogP contribution in [0, 0.1) is 13.8 Å². The Balaban J connectivity index is 1.54. The Kier molecular flexibility index (Phi) is 8.37. The molecule has 0 atom stereocenters. The van der Waals surface area contributed by atoms with Crippen LogP contribution in [0.5, 0.6) is 0 Å². The van der Waals surface area contributed by atoms with Crippen LogP contribution < -0.4 is 9.13 Å². The van der Waals surface area contributed by atoms with Crippen LogP contribution in [0.2, 0.25) is 0 Å². The van der Waals surface area contributed by atoms with Crippen LogP contribution in [0.1, 0.15) is 40.4 Å². The van der Waals surface area contributed by atoms with Crippen LogP contribution in [0.3, 0.4) is 0 Å². The molecule has 2 aromatic heterocycles. The first kappa shape index (κ1) is 21.5. The molecule has 0 aliphatic heterocycles. The molecule has 8 heteroatoms. The van der Waals surface area contributed by atoms with E-state index in [9.17, 15) is 9.59 Å². The van der Waals surface area contributed by atoms with E-state index in [1.165, 1.54) is 21.1 Å². The lowest BCUT2D eigenvalue weighted by atomic mass is 10.2. The highest BCUT2D eigenvalue weighted by molar-refractivity contribution is 7.09. The van der Waals surface area contributed by atoms with E-state index in [4.69, 9.17) is 9.47 Å². The third-order valence-corrected chi connectivity index (χ3v) is 6.93. The SMILES string of the molecule is Cc1c(CCOC(=O)CCCC(=O)OCCc2sc[n+](C)c2C)sc[n+]1C. The molecule has 0 unspecified atom stereocenters. The quantitative estimate of drug-likeness (QED) is 0.443. The molecule has 2 aromatic rings. The van der Waals surface area contributed by atoms with Gasteiger partial charge in [-0.15, -0.1) is 0 Å². The van der Waals surface area contributed by atoms with Crippen molar-refractivity contribution in [2.45, 2.75) is 46.0 Å². The molecule has 0 aromatic carbocycles. The molecule has 0 saturated carbocycles. The first-order chi connectivity index (χ1) is 12.9. The fourth-order valence-corrected chi connectivity index (χ4v) is 4.44. The van der Waals surface area contributed by atoms with Crippen molar-refractivity contribution in [2.24, 2.45) is 14.1 Å². The molecule has 2 heterocycles. The molecular weight excluding hydrogens is 384 g/mol. The number of carbonyl (C=O) groups excluding carboxylic acids is 2. The molecule has 0 radical (unpaired) electrons. The number of aromatic nitrogens is 2. The van der Waals surface area contributed by atoms with E-state index >= 15 is 0 Å². The van der Waals surface area contributed by atoms with E-state index in [-0.39, 0.29) is 24.8 Å². The van der Waals surface area contributed by atoms with Gasteiger partial charge in [0.2, 0.25) is 11.0 Å². The fourth-order valence-electron chi connectivity index (χ4n) is 2.52. The summed E-state index contributed by atoms with van der Waals surface area (Å²) in [6.45, 7) is 4.86. The van der Waals surface area contributed by atoms with Crippen molar-refractivity contribution in [1.82, 2.24) is 0 Å². The summed E-state index contributed by atoms with van der Waals surface area (Å²) >= 11 is 3.34. The van der Waals surface area contributed by atoms with E-state index in [0.29, 0.717) is 19.6 Å². The number of ether oxygens (including phenoxy) is 2. The predicted molar refractivity (Wildman–Crippen MR) is 104 cm³/mol. The van der Waals surface area contributed by atoms with Gasteiger partial charge in [-0.05, 0) is 6.42 Å². The maximum absolute atomic E-state index is 11.8. The van der Waals surface area contributed by atoms with Gasteiger partial charge in [-0.25, -0.2) is 0 Å². The van der Waals surface area contributed by atoms with Crippen LogP contribution in [0.25, 0.3) is 0 Å².